The van der Waals surface area contributed by atoms with Crippen LogP contribution in [-0.4, -0.2) is 30.7 Å². The lowest BCUT2D eigenvalue weighted by Gasteiger charge is -2.18. The van der Waals surface area contributed by atoms with Crippen molar-refractivity contribution in [3.63, 3.8) is 0 Å². The third-order valence-corrected chi connectivity index (χ3v) is 2.65. The van der Waals surface area contributed by atoms with Crippen LogP contribution in [0.25, 0.3) is 0 Å². The van der Waals surface area contributed by atoms with Gasteiger partial charge in [0.2, 0.25) is 0 Å². The Balaban J connectivity index is 2.33. The molecule has 4 heteroatoms. The quantitative estimate of drug-likeness (QED) is 0.654. The summed E-state index contributed by atoms with van der Waals surface area (Å²) in [7, 11) is 0. The van der Waals surface area contributed by atoms with Crippen LogP contribution in [0.4, 0.5) is 13.2 Å². The van der Waals surface area contributed by atoms with Gasteiger partial charge in [0.1, 0.15) is 0 Å². The molecule has 0 radical (unpaired) electrons. The second kappa shape index (κ2) is 3.86. The first-order valence-corrected chi connectivity index (χ1v) is 4.67. The molecule has 0 aromatic rings. The zero-order chi connectivity index (χ0) is 10.1. The molecule has 1 unspecified atom stereocenters. The number of halogens is 3. The number of hydrogen-bond donors (Lipinski definition) is 0. The first-order chi connectivity index (χ1) is 5.88. The molecule has 13 heavy (non-hydrogen) atoms. The van der Waals surface area contributed by atoms with Crippen LogP contribution >= 0.6 is 0 Å². The molecule has 1 aliphatic heterocycles. The molecule has 1 saturated heterocycles. The van der Waals surface area contributed by atoms with Gasteiger partial charge in [0.05, 0.1) is 6.54 Å². The Labute approximate surface area is 76.9 Å². The molecule has 1 fully saturated rings. The normalized spacial score (nSPS) is 25.8. The highest BCUT2D eigenvalue weighted by molar-refractivity contribution is 4.78. The molecule has 78 valence electrons. The van der Waals surface area contributed by atoms with Crippen LogP contribution in [0.2, 0.25) is 0 Å². The molecule has 0 amide bonds. The summed E-state index contributed by atoms with van der Waals surface area (Å²) in [4.78, 5) is 1.50. The van der Waals surface area contributed by atoms with E-state index in [0.29, 0.717) is 24.9 Å². The Morgan fingerprint density at radius 1 is 1.38 bits per heavy atom. The van der Waals surface area contributed by atoms with Gasteiger partial charge in [-0.15, -0.1) is 0 Å². The predicted molar refractivity (Wildman–Crippen MR) is 45.4 cm³/mol. The second-order valence-electron chi connectivity index (χ2n) is 4.14. The molecular weight excluding hydrogens is 179 g/mol. The van der Waals surface area contributed by atoms with Gasteiger partial charge in [0.25, 0.3) is 0 Å². The molecule has 0 saturated carbocycles. The summed E-state index contributed by atoms with van der Waals surface area (Å²) in [6, 6.07) is 0. The Morgan fingerprint density at radius 2 is 2.00 bits per heavy atom. The average Bonchev–Trinajstić information content (AvgIpc) is 2.31. The summed E-state index contributed by atoms with van der Waals surface area (Å²) in [5.74, 6) is 0.945. The van der Waals surface area contributed by atoms with Crippen molar-refractivity contribution in [3.8, 4) is 0 Å². The summed E-state index contributed by atoms with van der Waals surface area (Å²) in [5, 5.41) is 0. The van der Waals surface area contributed by atoms with E-state index in [0.717, 1.165) is 6.42 Å². The second-order valence-corrected chi connectivity index (χ2v) is 4.14. The molecule has 1 atom stereocenters. The summed E-state index contributed by atoms with van der Waals surface area (Å²) in [6.45, 7) is 4.61. The van der Waals surface area contributed by atoms with E-state index >= 15 is 0 Å². The molecular formula is C9H16F3N. The van der Waals surface area contributed by atoms with Gasteiger partial charge in [-0.2, -0.15) is 13.2 Å². The van der Waals surface area contributed by atoms with Crippen LogP contribution in [0.5, 0.6) is 0 Å². The van der Waals surface area contributed by atoms with Crippen LogP contribution in [0, 0.1) is 11.8 Å². The fourth-order valence-electron chi connectivity index (χ4n) is 1.80. The average molecular weight is 195 g/mol. The molecule has 1 heterocycles. The smallest absolute Gasteiger partial charge is 0.295 e. The molecule has 1 rings (SSSR count). The van der Waals surface area contributed by atoms with E-state index in [1.165, 1.54) is 4.90 Å². The van der Waals surface area contributed by atoms with Gasteiger partial charge >= 0.3 is 6.18 Å². The highest BCUT2D eigenvalue weighted by Gasteiger charge is 2.34. The van der Waals surface area contributed by atoms with Crippen molar-refractivity contribution >= 4 is 0 Å². The van der Waals surface area contributed by atoms with Crippen molar-refractivity contribution in [3.05, 3.63) is 0 Å². The lowest BCUT2D eigenvalue weighted by Crippen LogP contribution is -2.32. The van der Waals surface area contributed by atoms with E-state index < -0.39 is 12.7 Å². The van der Waals surface area contributed by atoms with Gasteiger partial charge in [-0.1, -0.05) is 13.8 Å². The summed E-state index contributed by atoms with van der Waals surface area (Å²) in [6.07, 6.45) is -3.13. The third kappa shape index (κ3) is 3.55. The number of rotatable bonds is 2. The van der Waals surface area contributed by atoms with Crippen molar-refractivity contribution < 1.29 is 13.2 Å². The molecule has 1 nitrogen and oxygen atoms in total. The summed E-state index contributed by atoms with van der Waals surface area (Å²) in [5.41, 5.74) is 0. The van der Waals surface area contributed by atoms with Gasteiger partial charge < -0.3 is 0 Å². The molecule has 0 spiro atoms. The Hall–Kier alpha value is -0.250. The van der Waals surface area contributed by atoms with Crippen LogP contribution in [-0.2, 0) is 0 Å². The van der Waals surface area contributed by atoms with Crippen molar-refractivity contribution in [2.45, 2.75) is 26.4 Å². The minimum Gasteiger partial charge on any atom is -0.295 e. The third-order valence-electron chi connectivity index (χ3n) is 2.65. The zero-order valence-corrected chi connectivity index (χ0v) is 8.06. The first kappa shape index (κ1) is 10.8. The largest absolute Gasteiger partial charge is 0.401 e. The van der Waals surface area contributed by atoms with Gasteiger partial charge in [-0.05, 0) is 24.8 Å². The Bertz CT molecular complexity index is 165. The van der Waals surface area contributed by atoms with Crippen LogP contribution in [0.1, 0.15) is 20.3 Å². The molecule has 0 aromatic carbocycles. The van der Waals surface area contributed by atoms with E-state index in [1.54, 1.807) is 0 Å². The Kier molecular flexibility index (Phi) is 3.22. The van der Waals surface area contributed by atoms with Gasteiger partial charge in [-0.3, -0.25) is 4.90 Å². The zero-order valence-electron chi connectivity index (χ0n) is 8.06. The number of alkyl halides is 3. The van der Waals surface area contributed by atoms with Gasteiger partial charge in [0.15, 0.2) is 0 Å². The highest BCUT2D eigenvalue weighted by Crippen LogP contribution is 2.26. The first-order valence-electron chi connectivity index (χ1n) is 4.67. The SMILES string of the molecule is CC(C)C1CCN(CC(F)(F)F)C1. The standard InChI is InChI=1S/C9H16F3N/c1-7(2)8-3-4-13(5-8)6-9(10,11)12/h7-8H,3-6H2,1-2H3. The maximum Gasteiger partial charge on any atom is 0.401 e. The van der Waals surface area contributed by atoms with Crippen molar-refractivity contribution in [2.24, 2.45) is 11.8 Å². The van der Waals surface area contributed by atoms with E-state index in [1.807, 2.05) is 0 Å². The molecule has 0 bridgehead atoms. The highest BCUT2D eigenvalue weighted by atomic mass is 19.4. The maximum atomic E-state index is 12.0. The van der Waals surface area contributed by atoms with E-state index in [-0.39, 0.29) is 0 Å². The summed E-state index contributed by atoms with van der Waals surface area (Å²) < 4.78 is 36.0. The lowest BCUT2D eigenvalue weighted by molar-refractivity contribution is -0.143. The molecule has 0 N–H and O–H groups in total. The van der Waals surface area contributed by atoms with Gasteiger partial charge in [0, 0.05) is 6.54 Å². The molecule has 1 aliphatic rings. The van der Waals surface area contributed by atoms with E-state index in [2.05, 4.69) is 13.8 Å². The van der Waals surface area contributed by atoms with Crippen LogP contribution < -0.4 is 0 Å². The monoisotopic (exact) mass is 195 g/mol. The number of likely N-dealkylation sites (tertiary alicyclic amines) is 1. The lowest BCUT2D eigenvalue weighted by atomic mass is 9.95. The number of hydrogen-bond acceptors (Lipinski definition) is 1. The molecule has 0 aromatic heterocycles. The fraction of sp³-hybridized carbons (Fsp3) is 1.00. The summed E-state index contributed by atoms with van der Waals surface area (Å²) >= 11 is 0. The van der Waals surface area contributed by atoms with Crippen molar-refractivity contribution in [2.75, 3.05) is 19.6 Å². The van der Waals surface area contributed by atoms with Crippen LogP contribution in [0.3, 0.4) is 0 Å². The fourth-order valence-corrected chi connectivity index (χ4v) is 1.80. The molecule has 0 aliphatic carbocycles. The van der Waals surface area contributed by atoms with Crippen molar-refractivity contribution in [1.29, 1.82) is 0 Å². The topological polar surface area (TPSA) is 3.24 Å². The number of nitrogens with zero attached hydrogens (tertiary/aromatic N) is 1. The maximum absolute atomic E-state index is 12.0. The minimum atomic E-state index is -4.04. The van der Waals surface area contributed by atoms with E-state index in [9.17, 15) is 13.2 Å². The van der Waals surface area contributed by atoms with Crippen LogP contribution in [0.15, 0.2) is 0 Å². The van der Waals surface area contributed by atoms with Gasteiger partial charge in [-0.25, -0.2) is 0 Å². The predicted octanol–water partition coefficient (Wildman–Crippen LogP) is 2.53. The van der Waals surface area contributed by atoms with E-state index in [4.69, 9.17) is 0 Å². The Morgan fingerprint density at radius 3 is 2.38 bits per heavy atom. The van der Waals surface area contributed by atoms with Crippen molar-refractivity contribution in [1.82, 2.24) is 4.90 Å². The minimum absolute atomic E-state index is 0.447.